The van der Waals surface area contributed by atoms with E-state index in [0.29, 0.717) is 17.7 Å². The van der Waals surface area contributed by atoms with Crippen molar-refractivity contribution in [2.75, 3.05) is 6.26 Å². The van der Waals surface area contributed by atoms with Crippen LogP contribution in [0.4, 0.5) is 5.69 Å². The van der Waals surface area contributed by atoms with Crippen molar-refractivity contribution in [3.63, 3.8) is 0 Å². The van der Waals surface area contributed by atoms with Crippen LogP contribution in [0.1, 0.15) is 16.5 Å². The average molecular weight is 242 g/mol. The number of non-ortho nitro benzene ring substituents is 1. The second-order valence-electron chi connectivity index (χ2n) is 3.73. The first-order valence-electron chi connectivity index (χ1n) is 4.59. The molecule has 0 spiro atoms. The Bertz CT molecular complexity index is 553. The van der Waals surface area contributed by atoms with Gasteiger partial charge in [0.15, 0.2) is 9.84 Å². The van der Waals surface area contributed by atoms with Crippen molar-refractivity contribution in [2.45, 2.75) is 11.9 Å². The minimum absolute atomic E-state index is 0.0188. The van der Waals surface area contributed by atoms with E-state index in [-0.39, 0.29) is 5.69 Å². The van der Waals surface area contributed by atoms with E-state index in [9.17, 15) is 18.5 Å². The first kappa shape index (κ1) is 11.0. The predicted octanol–water partition coefficient (Wildman–Crippen LogP) is 0.741. The third-order valence-electron chi connectivity index (χ3n) is 2.53. The minimum atomic E-state index is -3.23. The topological polar surface area (TPSA) is 89.3 Å². The number of nitro benzene ring substituents is 1. The van der Waals surface area contributed by atoms with Crippen molar-refractivity contribution in [1.82, 2.24) is 5.32 Å². The Balaban J connectivity index is 2.48. The van der Waals surface area contributed by atoms with Crippen LogP contribution in [0.15, 0.2) is 18.2 Å². The fraction of sp³-hybridized carbons (Fsp3) is 0.333. The maximum Gasteiger partial charge on any atom is 0.269 e. The molecule has 1 heterocycles. The summed E-state index contributed by atoms with van der Waals surface area (Å²) < 4.78 is 22.8. The maximum absolute atomic E-state index is 11.4. The lowest BCUT2D eigenvalue weighted by Crippen LogP contribution is -2.20. The highest BCUT2D eigenvalue weighted by Gasteiger charge is 2.30. The molecule has 0 saturated heterocycles. The Morgan fingerprint density at radius 3 is 2.75 bits per heavy atom. The molecule has 1 aliphatic rings. The van der Waals surface area contributed by atoms with E-state index in [1.54, 1.807) is 0 Å². The molecule has 1 aliphatic heterocycles. The van der Waals surface area contributed by atoms with E-state index in [0.717, 1.165) is 6.26 Å². The lowest BCUT2D eigenvalue weighted by molar-refractivity contribution is -0.384. The number of hydrogen-bond acceptors (Lipinski definition) is 5. The SMILES string of the molecule is CS(=O)(=O)C1NCc2cc([N+](=O)[O-])ccc21. The van der Waals surface area contributed by atoms with Gasteiger partial charge in [-0.15, -0.1) is 0 Å². The van der Waals surface area contributed by atoms with Crippen molar-refractivity contribution < 1.29 is 13.3 Å². The van der Waals surface area contributed by atoms with Gasteiger partial charge in [0.25, 0.3) is 5.69 Å². The number of nitrogens with one attached hydrogen (secondary N) is 1. The van der Waals surface area contributed by atoms with E-state index < -0.39 is 20.1 Å². The first-order chi connectivity index (χ1) is 7.39. The number of fused-ring (bicyclic) bond motifs is 1. The molecule has 0 aliphatic carbocycles. The number of nitro groups is 1. The Morgan fingerprint density at radius 1 is 1.50 bits per heavy atom. The van der Waals surface area contributed by atoms with Crippen LogP contribution in [-0.2, 0) is 16.4 Å². The highest BCUT2D eigenvalue weighted by Crippen LogP contribution is 2.31. The summed E-state index contributed by atoms with van der Waals surface area (Å²) in [7, 11) is -3.23. The van der Waals surface area contributed by atoms with Crippen LogP contribution in [0, 0.1) is 10.1 Å². The smallest absolute Gasteiger partial charge is 0.269 e. The highest BCUT2D eigenvalue weighted by molar-refractivity contribution is 7.90. The summed E-state index contributed by atoms with van der Waals surface area (Å²) in [4.78, 5) is 10.1. The number of benzene rings is 1. The minimum Gasteiger partial charge on any atom is -0.293 e. The maximum atomic E-state index is 11.4. The molecule has 1 aromatic carbocycles. The Kier molecular flexibility index (Phi) is 2.43. The van der Waals surface area contributed by atoms with Crippen LogP contribution in [0.2, 0.25) is 0 Å². The molecular weight excluding hydrogens is 232 g/mol. The summed E-state index contributed by atoms with van der Waals surface area (Å²) in [6, 6.07) is 4.23. The largest absolute Gasteiger partial charge is 0.293 e. The van der Waals surface area contributed by atoms with Gasteiger partial charge >= 0.3 is 0 Å². The molecule has 1 unspecified atom stereocenters. The normalized spacial score (nSPS) is 19.4. The van der Waals surface area contributed by atoms with Gasteiger partial charge in [0.2, 0.25) is 0 Å². The quantitative estimate of drug-likeness (QED) is 0.610. The summed E-state index contributed by atoms with van der Waals surface area (Å²) in [5.41, 5.74) is 1.26. The Labute approximate surface area is 92.3 Å². The van der Waals surface area contributed by atoms with Gasteiger partial charge in [-0.3, -0.25) is 15.4 Å². The molecule has 1 N–H and O–H groups in total. The van der Waals surface area contributed by atoms with Gasteiger partial charge < -0.3 is 0 Å². The molecule has 1 aromatic rings. The van der Waals surface area contributed by atoms with Crippen molar-refractivity contribution >= 4 is 15.5 Å². The van der Waals surface area contributed by atoms with E-state index in [1.165, 1.54) is 18.2 Å². The summed E-state index contributed by atoms with van der Waals surface area (Å²) >= 11 is 0. The summed E-state index contributed by atoms with van der Waals surface area (Å²) in [5.74, 6) is 0. The molecule has 0 radical (unpaired) electrons. The molecule has 0 saturated carbocycles. The molecule has 1 atom stereocenters. The zero-order valence-electron chi connectivity index (χ0n) is 8.50. The third-order valence-corrected chi connectivity index (χ3v) is 3.80. The average Bonchev–Trinajstić information content (AvgIpc) is 2.58. The van der Waals surface area contributed by atoms with E-state index in [2.05, 4.69) is 5.32 Å². The van der Waals surface area contributed by atoms with Crippen molar-refractivity contribution in [2.24, 2.45) is 0 Å². The summed E-state index contributed by atoms with van der Waals surface area (Å²) in [6.07, 6.45) is 1.14. The predicted molar refractivity (Wildman–Crippen MR) is 57.5 cm³/mol. The second-order valence-corrected chi connectivity index (χ2v) is 5.86. The fourth-order valence-corrected chi connectivity index (χ4v) is 2.89. The van der Waals surface area contributed by atoms with Gasteiger partial charge in [-0.25, -0.2) is 8.42 Å². The molecular formula is C9H10N2O4S. The zero-order valence-corrected chi connectivity index (χ0v) is 9.32. The van der Waals surface area contributed by atoms with Crippen LogP contribution >= 0.6 is 0 Å². The molecule has 16 heavy (non-hydrogen) atoms. The third kappa shape index (κ3) is 1.79. The summed E-state index contributed by atoms with van der Waals surface area (Å²) in [6.45, 7) is 0.342. The Morgan fingerprint density at radius 2 is 2.19 bits per heavy atom. The highest BCUT2D eigenvalue weighted by atomic mass is 32.2. The van der Waals surface area contributed by atoms with Crippen LogP contribution < -0.4 is 5.32 Å². The molecule has 86 valence electrons. The zero-order chi connectivity index (χ0) is 11.9. The first-order valence-corrected chi connectivity index (χ1v) is 6.54. The van der Waals surface area contributed by atoms with Gasteiger partial charge in [-0.1, -0.05) is 0 Å². The van der Waals surface area contributed by atoms with Gasteiger partial charge in [0.1, 0.15) is 5.37 Å². The van der Waals surface area contributed by atoms with Crippen molar-refractivity contribution in [1.29, 1.82) is 0 Å². The standard InChI is InChI=1S/C9H10N2O4S/c1-16(14,15)9-8-3-2-7(11(12)13)4-6(8)5-10-9/h2-4,9-10H,5H2,1H3. The van der Waals surface area contributed by atoms with E-state index in [4.69, 9.17) is 0 Å². The van der Waals surface area contributed by atoms with Crippen LogP contribution in [0.5, 0.6) is 0 Å². The molecule has 0 amide bonds. The van der Waals surface area contributed by atoms with Crippen LogP contribution in [0.25, 0.3) is 0 Å². The monoisotopic (exact) mass is 242 g/mol. The van der Waals surface area contributed by atoms with E-state index in [1.807, 2.05) is 0 Å². The number of sulfone groups is 1. The lowest BCUT2D eigenvalue weighted by Gasteiger charge is -2.08. The van der Waals surface area contributed by atoms with Crippen molar-refractivity contribution in [3.8, 4) is 0 Å². The van der Waals surface area contributed by atoms with Gasteiger partial charge in [0, 0.05) is 24.9 Å². The Hall–Kier alpha value is -1.47. The molecule has 0 aromatic heterocycles. The van der Waals surface area contributed by atoms with Crippen LogP contribution in [0.3, 0.4) is 0 Å². The molecule has 2 rings (SSSR count). The lowest BCUT2D eigenvalue weighted by atomic mass is 10.1. The second kappa shape index (κ2) is 3.53. The van der Waals surface area contributed by atoms with Gasteiger partial charge in [-0.2, -0.15) is 0 Å². The number of nitrogens with zero attached hydrogens (tertiary/aromatic N) is 1. The van der Waals surface area contributed by atoms with E-state index >= 15 is 0 Å². The van der Waals surface area contributed by atoms with Gasteiger partial charge in [-0.05, 0) is 17.2 Å². The molecule has 7 heteroatoms. The number of hydrogen-bond donors (Lipinski definition) is 1. The molecule has 0 bridgehead atoms. The van der Waals surface area contributed by atoms with Crippen molar-refractivity contribution in [3.05, 3.63) is 39.4 Å². The van der Waals surface area contributed by atoms with Crippen LogP contribution in [-0.4, -0.2) is 19.6 Å². The molecule has 0 fully saturated rings. The number of rotatable bonds is 2. The van der Waals surface area contributed by atoms with Gasteiger partial charge in [0.05, 0.1) is 4.92 Å². The fourth-order valence-electron chi connectivity index (χ4n) is 1.81. The molecule has 6 nitrogen and oxygen atoms in total. The summed E-state index contributed by atoms with van der Waals surface area (Å²) in [5, 5.41) is 12.6.